The Bertz CT molecular complexity index is 1100. The lowest BCUT2D eigenvalue weighted by atomic mass is 10.0. The summed E-state index contributed by atoms with van der Waals surface area (Å²) in [5.74, 6) is 0.483. The number of hydrogen-bond donors (Lipinski definition) is 1. The minimum Gasteiger partial charge on any atom is -0.497 e. The third-order valence-electron chi connectivity index (χ3n) is 5.08. The van der Waals surface area contributed by atoms with E-state index in [4.69, 9.17) is 4.74 Å². The maximum atomic E-state index is 13.5. The summed E-state index contributed by atoms with van der Waals surface area (Å²) in [6.07, 6.45) is 4.09. The fourth-order valence-corrected chi connectivity index (χ4v) is 5.21. The van der Waals surface area contributed by atoms with Crippen LogP contribution in [0.1, 0.15) is 23.1 Å². The Morgan fingerprint density at radius 3 is 2.70 bits per heavy atom. The standard InChI is InChI=1S/C21H21NO4S/c1-26-17-8-5-9-18(12-17)27(24,25)22-13-16(14-23)20-11-4-7-15-6-2-3-10-19(15)21(20)22/h2-3,5-6,8-10,12-13,23H,4,7,11,14H2,1H3. The van der Waals surface area contributed by atoms with Crippen LogP contribution in [0, 0.1) is 0 Å². The lowest BCUT2D eigenvalue weighted by Gasteiger charge is -2.14. The number of rotatable bonds is 4. The van der Waals surface area contributed by atoms with Gasteiger partial charge in [-0.25, -0.2) is 12.4 Å². The van der Waals surface area contributed by atoms with Gasteiger partial charge < -0.3 is 9.84 Å². The van der Waals surface area contributed by atoms with Crippen LogP contribution in [0.3, 0.4) is 0 Å². The van der Waals surface area contributed by atoms with Crippen LogP contribution in [0.5, 0.6) is 5.75 Å². The molecule has 1 aromatic heterocycles. The number of benzene rings is 2. The lowest BCUT2D eigenvalue weighted by molar-refractivity contribution is 0.281. The van der Waals surface area contributed by atoms with Crippen molar-refractivity contribution < 1.29 is 18.3 Å². The number of nitrogens with zero attached hydrogens (tertiary/aromatic N) is 1. The molecule has 0 aliphatic heterocycles. The Morgan fingerprint density at radius 2 is 1.93 bits per heavy atom. The molecule has 1 heterocycles. The van der Waals surface area contributed by atoms with E-state index in [1.807, 2.05) is 24.3 Å². The van der Waals surface area contributed by atoms with E-state index in [-0.39, 0.29) is 11.5 Å². The van der Waals surface area contributed by atoms with Gasteiger partial charge in [0.15, 0.2) is 0 Å². The number of aliphatic hydroxyl groups excluding tert-OH is 1. The highest BCUT2D eigenvalue weighted by atomic mass is 32.2. The van der Waals surface area contributed by atoms with E-state index in [0.717, 1.165) is 36.0 Å². The van der Waals surface area contributed by atoms with Crippen molar-refractivity contribution >= 4 is 10.0 Å². The monoisotopic (exact) mass is 383 g/mol. The molecule has 0 atom stereocenters. The molecule has 0 bridgehead atoms. The molecule has 0 amide bonds. The SMILES string of the molecule is COc1cccc(S(=O)(=O)n2cc(CO)c3c2-c2ccccc2CCC3)c1. The van der Waals surface area contributed by atoms with E-state index in [1.54, 1.807) is 24.4 Å². The van der Waals surface area contributed by atoms with E-state index in [9.17, 15) is 13.5 Å². The molecule has 140 valence electrons. The fraction of sp³-hybridized carbons (Fsp3) is 0.238. The van der Waals surface area contributed by atoms with E-state index in [0.29, 0.717) is 17.0 Å². The Balaban J connectivity index is 1.99. The van der Waals surface area contributed by atoms with Crippen molar-refractivity contribution in [3.05, 3.63) is 71.4 Å². The van der Waals surface area contributed by atoms with Gasteiger partial charge in [-0.3, -0.25) is 0 Å². The van der Waals surface area contributed by atoms with Gasteiger partial charge in [0, 0.05) is 23.4 Å². The van der Waals surface area contributed by atoms with Crippen molar-refractivity contribution in [3.63, 3.8) is 0 Å². The molecule has 0 spiro atoms. The number of methoxy groups -OCH3 is 1. The third-order valence-corrected chi connectivity index (χ3v) is 6.74. The van der Waals surface area contributed by atoms with E-state index < -0.39 is 10.0 Å². The van der Waals surface area contributed by atoms with Crippen LogP contribution in [0.4, 0.5) is 0 Å². The third kappa shape index (κ3) is 2.95. The molecule has 5 nitrogen and oxygen atoms in total. The molecule has 0 saturated carbocycles. The molecule has 1 N–H and O–H groups in total. The number of aliphatic hydroxyl groups is 1. The maximum Gasteiger partial charge on any atom is 0.268 e. The second-order valence-corrected chi connectivity index (χ2v) is 8.45. The predicted octanol–water partition coefficient (Wildman–Crippen LogP) is 3.38. The van der Waals surface area contributed by atoms with Crippen molar-refractivity contribution in [2.24, 2.45) is 0 Å². The number of aryl methyl sites for hydroxylation is 1. The highest BCUT2D eigenvalue weighted by Crippen LogP contribution is 2.37. The molecular formula is C21H21NO4S. The molecule has 2 aromatic carbocycles. The van der Waals surface area contributed by atoms with Crippen molar-refractivity contribution in [3.8, 4) is 17.0 Å². The summed E-state index contributed by atoms with van der Waals surface area (Å²) >= 11 is 0. The second kappa shape index (κ2) is 6.87. The molecule has 6 heteroatoms. The Hall–Kier alpha value is -2.57. The summed E-state index contributed by atoms with van der Waals surface area (Å²) in [4.78, 5) is 0.158. The van der Waals surface area contributed by atoms with Gasteiger partial charge in [-0.05, 0) is 42.5 Å². The highest BCUT2D eigenvalue weighted by molar-refractivity contribution is 7.90. The first-order chi connectivity index (χ1) is 13.1. The Kier molecular flexibility index (Phi) is 4.53. The summed E-state index contributed by atoms with van der Waals surface area (Å²) in [5.41, 5.74) is 4.27. The van der Waals surface area contributed by atoms with Gasteiger partial charge >= 0.3 is 0 Å². The summed E-state index contributed by atoms with van der Waals surface area (Å²) in [6, 6.07) is 14.3. The predicted molar refractivity (Wildman–Crippen MR) is 103 cm³/mol. The number of ether oxygens (including phenoxy) is 1. The average molecular weight is 383 g/mol. The molecule has 0 radical (unpaired) electrons. The highest BCUT2D eigenvalue weighted by Gasteiger charge is 2.28. The van der Waals surface area contributed by atoms with Crippen LogP contribution in [0.2, 0.25) is 0 Å². The zero-order chi connectivity index (χ0) is 19.0. The summed E-state index contributed by atoms with van der Waals surface area (Å²) in [6.45, 7) is -0.189. The first-order valence-electron chi connectivity index (χ1n) is 8.88. The molecule has 3 aromatic rings. The molecule has 0 unspecified atom stereocenters. The second-order valence-electron chi connectivity index (χ2n) is 6.63. The molecule has 0 saturated heterocycles. The molecule has 1 aliphatic carbocycles. The van der Waals surface area contributed by atoms with Crippen LogP contribution in [0.15, 0.2) is 59.6 Å². The van der Waals surface area contributed by atoms with Crippen LogP contribution in [-0.2, 0) is 29.5 Å². The average Bonchev–Trinajstić information content (AvgIpc) is 2.97. The van der Waals surface area contributed by atoms with Crippen LogP contribution < -0.4 is 4.74 Å². The topological polar surface area (TPSA) is 68.5 Å². The first kappa shape index (κ1) is 17.8. The first-order valence-corrected chi connectivity index (χ1v) is 10.3. The van der Waals surface area contributed by atoms with E-state index in [2.05, 4.69) is 0 Å². The summed E-state index contributed by atoms with van der Waals surface area (Å²) < 4.78 is 33.4. The Labute approximate surface area is 158 Å². The van der Waals surface area contributed by atoms with Gasteiger partial charge in [0.2, 0.25) is 0 Å². The maximum absolute atomic E-state index is 13.5. The normalized spacial score (nSPS) is 13.6. The fourth-order valence-electron chi connectivity index (χ4n) is 3.76. The van der Waals surface area contributed by atoms with Crippen LogP contribution in [-0.4, -0.2) is 24.6 Å². The summed E-state index contributed by atoms with van der Waals surface area (Å²) in [5, 5.41) is 9.84. The zero-order valence-corrected chi connectivity index (χ0v) is 15.9. The van der Waals surface area contributed by atoms with Crippen LogP contribution >= 0.6 is 0 Å². The van der Waals surface area contributed by atoms with Gasteiger partial charge in [-0.2, -0.15) is 0 Å². The van der Waals surface area contributed by atoms with E-state index in [1.165, 1.54) is 17.1 Å². The van der Waals surface area contributed by atoms with Gasteiger partial charge in [-0.15, -0.1) is 0 Å². The number of aromatic nitrogens is 1. The van der Waals surface area contributed by atoms with Gasteiger partial charge in [0.05, 0.1) is 24.3 Å². The number of hydrogen-bond acceptors (Lipinski definition) is 4. The van der Waals surface area contributed by atoms with Crippen molar-refractivity contribution in [1.82, 2.24) is 3.97 Å². The molecule has 0 fully saturated rings. The largest absolute Gasteiger partial charge is 0.497 e. The van der Waals surface area contributed by atoms with Gasteiger partial charge in [0.25, 0.3) is 10.0 Å². The molecular weight excluding hydrogens is 362 g/mol. The lowest BCUT2D eigenvalue weighted by Crippen LogP contribution is -2.14. The van der Waals surface area contributed by atoms with Crippen molar-refractivity contribution in [1.29, 1.82) is 0 Å². The minimum atomic E-state index is -3.84. The van der Waals surface area contributed by atoms with Gasteiger partial charge in [0.1, 0.15) is 5.75 Å². The van der Waals surface area contributed by atoms with Crippen molar-refractivity contribution in [2.75, 3.05) is 7.11 Å². The quantitative estimate of drug-likeness (QED) is 0.750. The Morgan fingerprint density at radius 1 is 1.11 bits per heavy atom. The van der Waals surface area contributed by atoms with Crippen molar-refractivity contribution in [2.45, 2.75) is 30.8 Å². The molecule has 4 rings (SSSR count). The van der Waals surface area contributed by atoms with E-state index >= 15 is 0 Å². The molecule has 27 heavy (non-hydrogen) atoms. The summed E-state index contributed by atoms with van der Waals surface area (Å²) in [7, 11) is -2.33. The molecule has 1 aliphatic rings. The zero-order valence-electron chi connectivity index (χ0n) is 15.1. The number of fused-ring (bicyclic) bond motifs is 3. The van der Waals surface area contributed by atoms with Gasteiger partial charge in [-0.1, -0.05) is 30.3 Å². The smallest absolute Gasteiger partial charge is 0.268 e. The van der Waals surface area contributed by atoms with Crippen LogP contribution in [0.25, 0.3) is 11.3 Å². The minimum absolute atomic E-state index is 0.158.